The normalized spacial score (nSPS) is 10.2. The molecule has 0 unspecified atom stereocenters. The van der Waals surface area contributed by atoms with Gasteiger partial charge in [0.1, 0.15) is 17.2 Å². The van der Waals surface area contributed by atoms with Gasteiger partial charge in [-0.25, -0.2) is 0 Å². The molecular weight excluding hydrogens is 310 g/mol. The summed E-state index contributed by atoms with van der Waals surface area (Å²) in [5.41, 5.74) is 5.46. The van der Waals surface area contributed by atoms with Crippen molar-refractivity contribution in [1.29, 1.82) is 0 Å². The highest BCUT2D eigenvalue weighted by atomic mass is 16.5. The van der Waals surface area contributed by atoms with Gasteiger partial charge in [0.15, 0.2) is 0 Å². The number of pyridine rings is 1. The SMILES string of the molecule is COc1ccc(/C=C/C(=O)NNC(=O)c2ccccn2)c(OC)c1. The Morgan fingerprint density at radius 1 is 1.08 bits per heavy atom. The second kappa shape index (κ2) is 8.33. The Labute approximate surface area is 139 Å². The molecule has 2 amide bonds. The molecule has 0 saturated heterocycles. The molecule has 7 nitrogen and oxygen atoms in total. The zero-order valence-corrected chi connectivity index (χ0v) is 13.3. The molecule has 0 aliphatic carbocycles. The first kappa shape index (κ1) is 17.0. The topological polar surface area (TPSA) is 89.6 Å². The van der Waals surface area contributed by atoms with Crippen molar-refractivity contribution in [2.75, 3.05) is 14.2 Å². The molecule has 124 valence electrons. The Morgan fingerprint density at radius 3 is 2.58 bits per heavy atom. The minimum atomic E-state index is -0.501. The highest BCUT2D eigenvalue weighted by Gasteiger charge is 2.07. The van der Waals surface area contributed by atoms with Crippen LogP contribution in [0.2, 0.25) is 0 Å². The number of rotatable bonds is 5. The van der Waals surface area contributed by atoms with Gasteiger partial charge in [-0.05, 0) is 30.3 Å². The van der Waals surface area contributed by atoms with Gasteiger partial charge >= 0.3 is 0 Å². The molecule has 1 heterocycles. The average molecular weight is 327 g/mol. The molecule has 2 aromatic rings. The van der Waals surface area contributed by atoms with E-state index in [9.17, 15) is 9.59 Å². The van der Waals surface area contributed by atoms with Crippen LogP contribution in [0.1, 0.15) is 16.1 Å². The van der Waals surface area contributed by atoms with Crippen LogP contribution in [0.3, 0.4) is 0 Å². The molecule has 1 aromatic carbocycles. The van der Waals surface area contributed by atoms with Crippen molar-refractivity contribution in [3.8, 4) is 11.5 Å². The zero-order chi connectivity index (χ0) is 17.4. The highest BCUT2D eigenvalue weighted by molar-refractivity contribution is 5.97. The average Bonchev–Trinajstić information content (AvgIpc) is 2.64. The van der Waals surface area contributed by atoms with E-state index in [4.69, 9.17) is 9.47 Å². The molecule has 0 saturated carbocycles. The van der Waals surface area contributed by atoms with Crippen LogP contribution in [0.5, 0.6) is 11.5 Å². The number of hydrazine groups is 1. The number of ether oxygens (including phenoxy) is 2. The van der Waals surface area contributed by atoms with Gasteiger partial charge in [0, 0.05) is 23.9 Å². The molecular formula is C17H17N3O4. The number of aromatic nitrogens is 1. The van der Waals surface area contributed by atoms with Crippen molar-refractivity contribution in [3.63, 3.8) is 0 Å². The summed E-state index contributed by atoms with van der Waals surface area (Å²) >= 11 is 0. The Kier molecular flexibility index (Phi) is 5.90. The van der Waals surface area contributed by atoms with Crippen LogP contribution < -0.4 is 20.3 Å². The summed E-state index contributed by atoms with van der Waals surface area (Å²) < 4.78 is 10.3. The van der Waals surface area contributed by atoms with E-state index >= 15 is 0 Å². The Morgan fingerprint density at radius 2 is 1.92 bits per heavy atom. The van der Waals surface area contributed by atoms with Crippen molar-refractivity contribution >= 4 is 17.9 Å². The van der Waals surface area contributed by atoms with Crippen molar-refractivity contribution in [2.24, 2.45) is 0 Å². The van der Waals surface area contributed by atoms with Crippen LogP contribution >= 0.6 is 0 Å². The van der Waals surface area contributed by atoms with Gasteiger partial charge < -0.3 is 9.47 Å². The summed E-state index contributed by atoms with van der Waals surface area (Å²) in [7, 11) is 3.08. The lowest BCUT2D eigenvalue weighted by molar-refractivity contribution is -0.117. The molecule has 0 atom stereocenters. The van der Waals surface area contributed by atoms with E-state index in [1.54, 1.807) is 49.6 Å². The lowest BCUT2D eigenvalue weighted by Gasteiger charge is -2.07. The van der Waals surface area contributed by atoms with Crippen LogP contribution in [0.4, 0.5) is 0 Å². The summed E-state index contributed by atoms with van der Waals surface area (Å²) in [4.78, 5) is 27.4. The molecule has 1 aromatic heterocycles. The molecule has 2 rings (SSSR count). The number of hydrogen-bond acceptors (Lipinski definition) is 5. The van der Waals surface area contributed by atoms with Crippen LogP contribution in [-0.2, 0) is 4.79 Å². The smallest absolute Gasteiger partial charge is 0.288 e. The summed E-state index contributed by atoms with van der Waals surface area (Å²) in [6.07, 6.45) is 4.34. The quantitative estimate of drug-likeness (QED) is 0.643. The molecule has 24 heavy (non-hydrogen) atoms. The summed E-state index contributed by atoms with van der Waals surface area (Å²) in [5, 5.41) is 0. The molecule has 0 spiro atoms. The molecule has 0 bridgehead atoms. The first-order valence-corrected chi connectivity index (χ1v) is 7.05. The second-order valence-electron chi connectivity index (χ2n) is 4.60. The van der Waals surface area contributed by atoms with E-state index in [1.165, 1.54) is 19.4 Å². The minimum absolute atomic E-state index is 0.207. The maximum Gasteiger partial charge on any atom is 0.288 e. The second-order valence-corrected chi connectivity index (χ2v) is 4.60. The van der Waals surface area contributed by atoms with Crippen LogP contribution in [0, 0.1) is 0 Å². The van der Waals surface area contributed by atoms with Crippen molar-refractivity contribution in [2.45, 2.75) is 0 Å². The van der Waals surface area contributed by atoms with E-state index < -0.39 is 11.8 Å². The minimum Gasteiger partial charge on any atom is -0.497 e. The number of nitrogens with one attached hydrogen (secondary N) is 2. The zero-order valence-electron chi connectivity index (χ0n) is 13.3. The van der Waals surface area contributed by atoms with E-state index in [0.717, 1.165) is 0 Å². The summed E-state index contributed by atoms with van der Waals surface area (Å²) in [6, 6.07) is 10.1. The highest BCUT2D eigenvalue weighted by Crippen LogP contribution is 2.25. The Bertz CT molecular complexity index is 745. The van der Waals surface area contributed by atoms with E-state index in [1.807, 2.05) is 0 Å². The first-order chi connectivity index (χ1) is 11.6. The number of hydrogen-bond donors (Lipinski definition) is 2. The first-order valence-electron chi connectivity index (χ1n) is 7.05. The largest absolute Gasteiger partial charge is 0.497 e. The maximum atomic E-state index is 11.8. The molecule has 2 N–H and O–H groups in total. The molecule has 0 fully saturated rings. The molecule has 7 heteroatoms. The summed E-state index contributed by atoms with van der Waals surface area (Å²) in [6.45, 7) is 0. The van der Waals surface area contributed by atoms with E-state index in [2.05, 4.69) is 15.8 Å². The van der Waals surface area contributed by atoms with Gasteiger partial charge in [0.05, 0.1) is 14.2 Å². The van der Waals surface area contributed by atoms with E-state index in [-0.39, 0.29) is 5.69 Å². The van der Waals surface area contributed by atoms with Gasteiger partial charge in [0.2, 0.25) is 0 Å². The third-order valence-corrected chi connectivity index (χ3v) is 3.05. The number of benzene rings is 1. The van der Waals surface area contributed by atoms with Gasteiger partial charge in [-0.3, -0.25) is 25.4 Å². The van der Waals surface area contributed by atoms with Gasteiger partial charge in [0.25, 0.3) is 11.8 Å². The number of nitrogens with zero attached hydrogens (tertiary/aromatic N) is 1. The third kappa shape index (κ3) is 4.57. The number of methoxy groups -OCH3 is 2. The van der Waals surface area contributed by atoms with E-state index in [0.29, 0.717) is 17.1 Å². The van der Waals surface area contributed by atoms with Crippen molar-refractivity contribution in [3.05, 3.63) is 59.9 Å². The van der Waals surface area contributed by atoms with Crippen LogP contribution in [-0.4, -0.2) is 31.0 Å². The van der Waals surface area contributed by atoms with Crippen molar-refractivity contribution < 1.29 is 19.1 Å². The fourth-order valence-electron chi connectivity index (χ4n) is 1.84. The third-order valence-electron chi connectivity index (χ3n) is 3.05. The van der Waals surface area contributed by atoms with Gasteiger partial charge in [-0.1, -0.05) is 6.07 Å². The Balaban J connectivity index is 1.95. The summed E-state index contributed by atoms with van der Waals surface area (Å²) in [5.74, 6) is 0.225. The van der Waals surface area contributed by atoms with Gasteiger partial charge in [-0.2, -0.15) is 0 Å². The number of carbonyl (C=O) groups excluding carboxylic acids is 2. The predicted octanol–water partition coefficient (Wildman–Crippen LogP) is 1.57. The number of amides is 2. The number of carbonyl (C=O) groups is 2. The fourth-order valence-corrected chi connectivity index (χ4v) is 1.84. The molecule has 0 radical (unpaired) electrons. The Hall–Kier alpha value is -3.35. The standard InChI is InChI=1S/C17H17N3O4/c1-23-13-8-6-12(15(11-13)24-2)7-9-16(21)19-20-17(22)14-5-3-4-10-18-14/h3-11H,1-2H3,(H,19,21)(H,20,22)/b9-7+. The maximum absolute atomic E-state index is 11.8. The molecule has 0 aliphatic rings. The van der Waals surface area contributed by atoms with Gasteiger partial charge in [-0.15, -0.1) is 0 Å². The lowest BCUT2D eigenvalue weighted by Crippen LogP contribution is -2.41. The predicted molar refractivity (Wildman–Crippen MR) is 88.4 cm³/mol. The van der Waals surface area contributed by atoms with Crippen LogP contribution in [0.25, 0.3) is 6.08 Å². The lowest BCUT2D eigenvalue weighted by atomic mass is 10.1. The van der Waals surface area contributed by atoms with Crippen molar-refractivity contribution in [1.82, 2.24) is 15.8 Å². The molecule has 0 aliphatic heterocycles. The fraction of sp³-hybridized carbons (Fsp3) is 0.118. The monoisotopic (exact) mass is 327 g/mol. The van der Waals surface area contributed by atoms with Crippen LogP contribution in [0.15, 0.2) is 48.7 Å².